The van der Waals surface area contributed by atoms with E-state index in [-0.39, 0.29) is 5.25 Å². The van der Waals surface area contributed by atoms with E-state index >= 15 is 0 Å². The molecule has 2 aromatic rings. The van der Waals surface area contributed by atoms with Crippen LogP contribution < -0.4 is 5.32 Å². The van der Waals surface area contributed by atoms with Crippen molar-refractivity contribution in [2.24, 2.45) is 4.99 Å². The Morgan fingerprint density at radius 3 is 2.50 bits per heavy atom. The minimum absolute atomic E-state index is 0.275. The Labute approximate surface area is 191 Å². The van der Waals surface area contributed by atoms with Crippen molar-refractivity contribution < 1.29 is 19.0 Å². The highest BCUT2D eigenvalue weighted by molar-refractivity contribution is 8.14. The highest BCUT2D eigenvalue weighted by atomic mass is 32.2. The fourth-order valence-electron chi connectivity index (χ4n) is 3.38. The molecule has 2 atom stereocenters. The Kier molecular flexibility index (Phi) is 6.62. The van der Waals surface area contributed by atoms with Crippen LogP contribution in [0, 0.1) is 5.82 Å². The molecule has 1 amide bonds. The highest BCUT2D eigenvalue weighted by Crippen LogP contribution is 2.44. The number of halogens is 1. The van der Waals surface area contributed by atoms with Gasteiger partial charge in [0.2, 0.25) is 0 Å². The van der Waals surface area contributed by atoms with Crippen molar-refractivity contribution in [1.82, 2.24) is 15.3 Å². The molecule has 0 saturated carbocycles. The van der Waals surface area contributed by atoms with Crippen molar-refractivity contribution >= 4 is 23.0 Å². The molecule has 1 aliphatic heterocycles. The number of aromatic nitrogens is 2. The zero-order valence-corrected chi connectivity index (χ0v) is 20.0. The van der Waals surface area contributed by atoms with E-state index in [4.69, 9.17) is 9.73 Å². The van der Waals surface area contributed by atoms with Gasteiger partial charge in [0.15, 0.2) is 5.17 Å². The second kappa shape index (κ2) is 8.78. The van der Waals surface area contributed by atoms with Gasteiger partial charge in [0.05, 0.1) is 11.1 Å². The van der Waals surface area contributed by atoms with Crippen LogP contribution in [0.2, 0.25) is 0 Å². The molecule has 1 aliphatic rings. The lowest BCUT2D eigenvalue weighted by Crippen LogP contribution is -2.46. The number of rotatable bonds is 3. The molecule has 1 aromatic heterocycles. The van der Waals surface area contributed by atoms with Gasteiger partial charge in [0, 0.05) is 28.8 Å². The van der Waals surface area contributed by atoms with Gasteiger partial charge >= 0.3 is 6.09 Å². The summed E-state index contributed by atoms with van der Waals surface area (Å²) in [5, 5.41) is 13.5. The third kappa shape index (κ3) is 5.83. The van der Waals surface area contributed by atoms with Crippen molar-refractivity contribution in [2.45, 2.75) is 70.0 Å². The molecule has 0 bridgehead atoms. The number of hydrogen-bond acceptors (Lipinski definition) is 7. The number of hydrogen-bond donors (Lipinski definition) is 2. The fraction of sp³-hybridized carbons (Fsp3) is 0.478. The number of nitrogens with one attached hydrogen (secondary N) is 1. The van der Waals surface area contributed by atoms with Crippen LogP contribution in [-0.4, -0.2) is 42.8 Å². The number of thioether (sulfide) groups is 1. The van der Waals surface area contributed by atoms with E-state index in [0.29, 0.717) is 22.7 Å². The average Bonchev–Trinajstić information content (AvgIpc) is 2.66. The third-order valence-electron chi connectivity index (χ3n) is 5.04. The van der Waals surface area contributed by atoms with E-state index in [1.165, 1.54) is 24.2 Å². The van der Waals surface area contributed by atoms with Gasteiger partial charge in [-0.2, -0.15) is 0 Å². The van der Waals surface area contributed by atoms with Crippen LogP contribution in [0.1, 0.15) is 53.5 Å². The fourth-order valence-corrected chi connectivity index (χ4v) is 4.74. The number of alkyl carbamates (subject to hydrolysis) is 1. The Hall–Kier alpha value is -2.52. The summed E-state index contributed by atoms with van der Waals surface area (Å²) in [6, 6.07) is 4.79. The first-order valence-corrected chi connectivity index (χ1v) is 11.2. The van der Waals surface area contributed by atoms with E-state index in [2.05, 4.69) is 15.3 Å². The molecule has 9 heteroatoms. The molecule has 2 heterocycles. The van der Waals surface area contributed by atoms with Gasteiger partial charge in [-0.05, 0) is 65.7 Å². The Balaban J connectivity index is 2.01. The molecular weight excluding hydrogens is 431 g/mol. The van der Waals surface area contributed by atoms with Crippen molar-refractivity contribution in [1.29, 1.82) is 0 Å². The number of ether oxygens (including phenoxy) is 1. The number of amides is 1. The topological polar surface area (TPSA) is 96.7 Å². The summed E-state index contributed by atoms with van der Waals surface area (Å²) in [5.41, 5.74) is -0.866. The van der Waals surface area contributed by atoms with Crippen LogP contribution in [0.25, 0.3) is 11.1 Å². The number of nitrogens with zero attached hydrogens (tertiary/aromatic N) is 3. The number of carbonyl (C=O) groups excluding carboxylic acids is 1. The predicted molar refractivity (Wildman–Crippen MR) is 124 cm³/mol. The number of carbonyl (C=O) groups is 1. The summed E-state index contributed by atoms with van der Waals surface area (Å²) >= 11 is 1.29. The minimum Gasteiger partial charge on any atom is -0.444 e. The largest absolute Gasteiger partial charge is 0.444 e. The first-order valence-electron chi connectivity index (χ1n) is 10.3. The second-order valence-electron chi connectivity index (χ2n) is 9.60. The van der Waals surface area contributed by atoms with Gasteiger partial charge in [0.25, 0.3) is 0 Å². The van der Waals surface area contributed by atoms with Gasteiger partial charge in [-0.15, -0.1) is 0 Å². The smallest absolute Gasteiger partial charge is 0.413 e. The quantitative estimate of drug-likeness (QED) is 0.692. The van der Waals surface area contributed by atoms with E-state index in [0.717, 1.165) is 5.56 Å². The third-order valence-corrected chi connectivity index (χ3v) is 6.49. The lowest BCUT2D eigenvalue weighted by atomic mass is 9.83. The van der Waals surface area contributed by atoms with Crippen LogP contribution in [0.3, 0.4) is 0 Å². The maximum Gasteiger partial charge on any atom is 0.413 e. The molecule has 172 valence electrons. The summed E-state index contributed by atoms with van der Waals surface area (Å²) in [4.78, 5) is 25.1. The summed E-state index contributed by atoms with van der Waals surface area (Å²) in [6.45, 7) is 10.7. The van der Waals surface area contributed by atoms with E-state index < -0.39 is 28.7 Å². The molecule has 0 saturated heterocycles. The first kappa shape index (κ1) is 24.1. The van der Waals surface area contributed by atoms with Crippen molar-refractivity contribution in [2.75, 3.05) is 0 Å². The lowest BCUT2D eigenvalue weighted by Gasteiger charge is -2.40. The minimum atomic E-state index is -1.04. The first-order chi connectivity index (χ1) is 14.8. The molecule has 3 rings (SSSR count). The van der Waals surface area contributed by atoms with Crippen molar-refractivity contribution in [3.05, 3.63) is 48.3 Å². The zero-order chi connectivity index (χ0) is 23.7. The van der Waals surface area contributed by atoms with Crippen LogP contribution in [0.4, 0.5) is 9.18 Å². The van der Waals surface area contributed by atoms with Gasteiger partial charge < -0.3 is 9.84 Å². The highest BCUT2D eigenvalue weighted by Gasteiger charge is 2.42. The average molecular weight is 461 g/mol. The second-order valence-corrected chi connectivity index (χ2v) is 10.8. The molecule has 0 radical (unpaired) electrons. The van der Waals surface area contributed by atoms with Gasteiger partial charge in [0.1, 0.15) is 17.7 Å². The Bertz CT molecular complexity index is 1020. The maximum absolute atomic E-state index is 14.6. The Morgan fingerprint density at radius 2 is 1.91 bits per heavy atom. The van der Waals surface area contributed by atoms with E-state index in [1.54, 1.807) is 59.1 Å². The molecular formula is C23H29FN4O3S. The molecule has 1 unspecified atom stereocenters. The summed E-state index contributed by atoms with van der Waals surface area (Å²) in [5.74, 6) is -0.396. The van der Waals surface area contributed by atoms with Gasteiger partial charge in [-0.3, -0.25) is 10.3 Å². The number of aliphatic hydroxyl groups is 1. The van der Waals surface area contributed by atoms with Crippen LogP contribution in [0.5, 0.6) is 0 Å². The summed E-state index contributed by atoms with van der Waals surface area (Å²) in [6.07, 6.45) is 4.34. The van der Waals surface area contributed by atoms with Gasteiger partial charge in [-0.1, -0.05) is 17.8 Å². The van der Waals surface area contributed by atoms with Crippen LogP contribution in [0.15, 0.2) is 41.9 Å². The van der Waals surface area contributed by atoms with Crippen LogP contribution >= 0.6 is 11.8 Å². The van der Waals surface area contributed by atoms with Crippen LogP contribution in [-0.2, 0) is 10.3 Å². The van der Waals surface area contributed by atoms with E-state index in [1.807, 2.05) is 6.92 Å². The predicted octanol–water partition coefficient (Wildman–Crippen LogP) is 4.66. The Morgan fingerprint density at radius 1 is 1.25 bits per heavy atom. The maximum atomic E-state index is 14.6. The molecule has 32 heavy (non-hydrogen) atoms. The van der Waals surface area contributed by atoms with E-state index in [9.17, 15) is 14.3 Å². The molecule has 7 nitrogen and oxygen atoms in total. The normalized spacial score (nSPS) is 21.6. The summed E-state index contributed by atoms with van der Waals surface area (Å²) in [7, 11) is 0. The number of amidine groups is 1. The lowest BCUT2D eigenvalue weighted by molar-refractivity contribution is 0.0559. The standard InChI is InChI=1S/C23H29FN4O3S/c1-21(2,3)31-20(29)27-19-28-23(6,10-18(32-19)22(4,5)30)15-7-8-17(24)16(9-15)14-11-25-13-26-12-14/h7-9,11-13,18,30H,10H2,1-6H3,(H,27,28,29)/t18?,23-/m0/s1. The molecule has 0 aliphatic carbocycles. The number of benzene rings is 1. The molecule has 1 aromatic carbocycles. The van der Waals surface area contributed by atoms with Gasteiger partial charge in [-0.25, -0.2) is 19.2 Å². The SMILES string of the molecule is CC(C)(C)OC(=O)NC1=N[C@](C)(c2ccc(F)c(-c3cncnc3)c2)CC(C(C)(C)O)S1. The number of aliphatic imine (C=N–C) groups is 1. The molecule has 2 N–H and O–H groups in total. The molecule has 0 fully saturated rings. The van der Waals surface area contributed by atoms with Crippen molar-refractivity contribution in [3.8, 4) is 11.1 Å². The summed E-state index contributed by atoms with van der Waals surface area (Å²) < 4.78 is 20.0. The molecule has 0 spiro atoms. The van der Waals surface area contributed by atoms with Crippen molar-refractivity contribution in [3.63, 3.8) is 0 Å². The monoisotopic (exact) mass is 460 g/mol. The zero-order valence-electron chi connectivity index (χ0n) is 19.1.